The van der Waals surface area contributed by atoms with E-state index in [1.165, 1.54) is 50.5 Å². The molecule has 0 aromatic rings. The summed E-state index contributed by atoms with van der Waals surface area (Å²) in [5, 5.41) is 0. The lowest BCUT2D eigenvalue weighted by atomic mass is 9.47. The van der Waals surface area contributed by atoms with Crippen LogP contribution in [0.15, 0.2) is 36.0 Å². The van der Waals surface area contributed by atoms with Crippen molar-refractivity contribution in [2.45, 2.75) is 72.6 Å². The Balaban J connectivity index is 1.65. The molecule has 0 aromatic heterocycles. The molecule has 0 amide bonds. The van der Waals surface area contributed by atoms with E-state index in [1.807, 2.05) is 0 Å². The van der Waals surface area contributed by atoms with Crippen molar-refractivity contribution in [3.8, 4) is 0 Å². The quantitative estimate of drug-likeness (QED) is 0.516. The molecule has 3 fully saturated rings. The van der Waals surface area contributed by atoms with Gasteiger partial charge in [-0.05, 0) is 79.1 Å². The van der Waals surface area contributed by atoms with Gasteiger partial charge in [-0.25, -0.2) is 0 Å². The van der Waals surface area contributed by atoms with Crippen molar-refractivity contribution >= 4 is 0 Å². The number of hydrogen-bond acceptors (Lipinski definition) is 0. The Hall–Kier alpha value is -0.780. The normalized spacial score (nSPS) is 48.3. The maximum atomic E-state index is 4.18. The van der Waals surface area contributed by atoms with Gasteiger partial charge in [0.1, 0.15) is 0 Å². The summed E-state index contributed by atoms with van der Waals surface area (Å²) in [6, 6.07) is 0. The Morgan fingerprint density at radius 3 is 2.71 bits per heavy atom. The second kappa shape index (κ2) is 5.61. The van der Waals surface area contributed by atoms with Crippen LogP contribution in [0.1, 0.15) is 72.6 Å². The molecule has 4 aliphatic rings. The fourth-order valence-corrected chi connectivity index (χ4v) is 7.53. The lowest BCUT2D eigenvalue weighted by molar-refractivity contribution is -0.0429. The maximum absolute atomic E-state index is 4.18. The summed E-state index contributed by atoms with van der Waals surface area (Å²) >= 11 is 0. The SMILES string of the molecule is C=C1C=CC2(C)C(=C1)CCC1C2CCC2(C)C(C(C)CC)CCC12. The van der Waals surface area contributed by atoms with Crippen molar-refractivity contribution < 1.29 is 0 Å². The van der Waals surface area contributed by atoms with E-state index in [1.54, 1.807) is 5.57 Å². The lowest BCUT2D eigenvalue weighted by Crippen LogP contribution is -2.49. The Bertz CT molecular complexity index is 593. The molecule has 132 valence electrons. The average molecular weight is 325 g/mol. The van der Waals surface area contributed by atoms with Crippen molar-refractivity contribution in [1.29, 1.82) is 0 Å². The summed E-state index contributed by atoms with van der Waals surface area (Å²) in [5.74, 6) is 4.68. The van der Waals surface area contributed by atoms with Crippen LogP contribution < -0.4 is 0 Å². The molecule has 0 radical (unpaired) electrons. The maximum Gasteiger partial charge on any atom is 0.0100 e. The van der Waals surface area contributed by atoms with Crippen LogP contribution in [-0.4, -0.2) is 0 Å². The Morgan fingerprint density at radius 1 is 1.17 bits per heavy atom. The predicted octanol–water partition coefficient (Wildman–Crippen LogP) is 6.94. The molecule has 0 N–H and O–H groups in total. The zero-order chi connectivity index (χ0) is 17.1. The summed E-state index contributed by atoms with van der Waals surface area (Å²) in [6.07, 6.45) is 17.2. The first kappa shape index (κ1) is 16.7. The van der Waals surface area contributed by atoms with Crippen LogP contribution in [0, 0.1) is 40.4 Å². The summed E-state index contributed by atoms with van der Waals surface area (Å²) in [5.41, 5.74) is 3.83. The Morgan fingerprint density at radius 2 is 1.96 bits per heavy atom. The second-order valence-electron chi connectivity index (χ2n) is 9.89. The van der Waals surface area contributed by atoms with E-state index < -0.39 is 0 Å². The van der Waals surface area contributed by atoms with Crippen LogP contribution >= 0.6 is 0 Å². The van der Waals surface area contributed by atoms with E-state index in [2.05, 4.69) is 52.5 Å². The lowest BCUT2D eigenvalue weighted by Gasteiger charge is -2.57. The van der Waals surface area contributed by atoms with Gasteiger partial charge in [0.25, 0.3) is 0 Å². The summed E-state index contributed by atoms with van der Waals surface area (Å²) in [6.45, 7) is 14.3. The smallest absolute Gasteiger partial charge is 0.0100 e. The zero-order valence-electron chi connectivity index (χ0n) is 16.3. The van der Waals surface area contributed by atoms with Gasteiger partial charge in [-0.15, -0.1) is 0 Å². The minimum Gasteiger partial charge on any atom is -0.0918 e. The first-order chi connectivity index (χ1) is 11.4. The molecule has 0 aliphatic heterocycles. The van der Waals surface area contributed by atoms with Gasteiger partial charge in [0.05, 0.1) is 0 Å². The molecular weight excluding hydrogens is 288 g/mol. The molecule has 0 bridgehead atoms. The number of hydrogen-bond donors (Lipinski definition) is 0. The van der Waals surface area contributed by atoms with Gasteiger partial charge in [-0.3, -0.25) is 0 Å². The number of rotatable bonds is 2. The van der Waals surface area contributed by atoms with E-state index >= 15 is 0 Å². The van der Waals surface area contributed by atoms with Gasteiger partial charge >= 0.3 is 0 Å². The Labute approximate surface area is 149 Å². The van der Waals surface area contributed by atoms with E-state index in [4.69, 9.17) is 0 Å². The highest BCUT2D eigenvalue weighted by atomic mass is 14.6. The highest BCUT2D eigenvalue weighted by molar-refractivity contribution is 5.43. The van der Waals surface area contributed by atoms with Crippen LogP contribution in [0.4, 0.5) is 0 Å². The van der Waals surface area contributed by atoms with Gasteiger partial charge in [-0.2, -0.15) is 0 Å². The van der Waals surface area contributed by atoms with Gasteiger partial charge in [0.2, 0.25) is 0 Å². The van der Waals surface area contributed by atoms with E-state index in [0.29, 0.717) is 10.8 Å². The van der Waals surface area contributed by atoms with Crippen LogP contribution in [0.2, 0.25) is 0 Å². The highest BCUT2D eigenvalue weighted by Crippen LogP contribution is 2.67. The van der Waals surface area contributed by atoms with Crippen molar-refractivity contribution in [2.24, 2.45) is 40.4 Å². The topological polar surface area (TPSA) is 0 Å². The standard InChI is InChI=1S/C24H36/c1-6-17(3)20-9-10-21-19-8-7-18-15-16(2)11-13-23(18,4)22(19)12-14-24(20,21)5/h11,13,15,17,19-22H,2,6-10,12,14H2,1,3-5H3. The van der Waals surface area contributed by atoms with Crippen molar-refractivity contribution in [2.75, 3.05) is 0 Å². The summed E-state index contributed by atoms with van der Waals surface area (Å²) in [7, 11) is 0. The van der Waals surface area contributed by atoms with E-state index in [9.17, 15) is 0 Å². The molecule has 24 heavy (non-hydrogen) atoms. The summed E-state index contributed by atoms with van der Waals surface area (Å²) in [4.78, 5) is 0. The van der Waals surface area contributed by atoms with Crippen LogP contribution in [0.25, 0.3) is 0 Å². The molecule has 4 rings (SSSR count). The predicted molar refractivity (Wildman–Crippen MR) is 104 cm³/mol. The van der Waals surface area contributed by atoms with Crippen molar-refractivity contribution in [3.05, 3.63) is 36.0 Å². The van der Waals surface area contributed by atoms with Crippen LogP contribution in [0.5, 0.6) is 0 Å². The minimum atomic E-state index is 0.319. The average Bonchev–Trinajstić information content (AvgIpc) is 2.92. The third kappa shape index (κ3) is 2.17. The molecule has 0 spiro atoms. The molecule has 4 aliphatic carbocycles. The fourth-order valence-electron chi connectivity index (χ4n) is 7.53. The van der Waals surface area contributed by atoms with E-state index in [0.717, 1.165) is 29.6 Å². The van der Waals surface area contributed by atoms with Crippen molar-refractivity contribution in [1.82, 2.24) is 0 Å². The molecule has 7 unspecified atom stereocenters. The molecule has 0 heterocycles. The van der Waals surface area contributed by atoms with Crippen LogP contribution in [0.3, 0.4) is 0 Å². The third-order valence-corrected chi connectivity index (χ3v) is 9.05. The van der Waals surface area contributed by atoms with Gasteiger partial charge in [0, 0.05) is 5.41 Å². The first-order valence-electron chi connectivity index (χ1n) is 10.5. The molecule has 0 aromatic carbocycles. The molecule has 0 nitrogen and oxygen atoms in total. The fraction of sp³-hybridized carbons (Fsp3) is 0.750. The largest absolute Gasteiger partial charge is 0.0918 e. The molecule has 7 atom stereocenters. The summed E-state index contributed by atoms with van der Waals surface area (Å²) < 4.78 is 0. The molecular formula is C24H36. The van der Waals surface area contributed by atoms with Gasteiger partial charge in [-0.1, -0.05) is 64.5 Å². The minimum absolute atomic E-state index is 0.319. The number of fused-ring (bicyclic) bond motifs is 5. The number of allylic oxidation sites excluding steroid dienone is 5. The molecule has 3 saturated carbocycles. The van der Waals surface area contributed by atoms with Crippen molar-refractivity contribution in [3.63, 3.8) is 0 Å². The zero-order valence-corrected chi connectivity index (χ0v) is 16.3. The Kier molecular flexibility index (Phi) is 3.90. The second-order valence-corrected chi connectivity index (χ2v) is 9.89. The van der Waals surface area contributed by atoms with E-state index in [-0.39, 0.29) is 0 Å². The van der Waals surface area contributed by atoms with Gasteiger partial charge < -0.3 is 0 Å². The first-order valence-corrected chi connectivity index (χ1v) is 10.5. The van der Waals surface area contributed by atoms with Crippen LogP contribution in [-0.2, 0) is 0 Å². The molecule has 0 saturated heterocycles. The van der Waals surface area contributed by atoms with Gasteiger partial charge in [0.15, 0.2) is 0 Å². The molecule has 0 heteroatoms. The third-order valence-electron chi connectivity index (χ3n) is 9.05. The monoisotopic (exact) mass is 324 g/mol. The highest BCUT2D eigenvalue weighted by Gasteiger charge is 2.58.